The molecule has 1 unspecified atom stereocenters. The molecular formula is C8H12N2S2. The highest BCUT2D eigenvalue weighted by molar-refractivity contribution is 8.00. The molecule has 1 aliphatic rings. The molecule has 12 heavy (non-hydrogen) atoms. The first-order valence-electron chi connectivity index (χ1n) is 4.20. The molecule has 2 heterocycles. The van der Waals surface area contributed by atoms with E-state index >= 15 is 0 Å². The predicted octanol–water partition coefficient (Wildman–Crippen LogP) is 2.45. The Morgan fingerprint density at radius 2 is 2.67 bits per heavy atom. The maximum absolute atomic E-state index is 4.18. The van der Waals surface area contributed by atoms with Gasteiger partial charge in [-0.25, -0.2) is 4.98 Å². The molecule has 2 nitrogen and oxygen atoms in total. The minimum Gasteiger partial charge on any atom is -0.360 e. The third kappa shape index (κ3) is 2.14. The minimum atomic E-state index is 0.814. The van der Waals surface area contributed by atoms with Gasteiger partial charge in [-0.05, 0) is 18.6 Å². The Morgan fingerprint density at radius 1 is 1.67 bits per heavy atom. The van der Waals surface area contributed by atoms with Crippen molar-refractivity contribution in [1.82, 2.24) is 4.98 Å². The second-order valence-electron chi connectivity index (χ2n) is 2.85. The smallest absolute Gasteiger partial charge is 0.182 e. The van der Waals surface area contributed by atoms with Crippen molar-refractivity contribution in [2.24, 2.45) is 0 Å². The van der Waals surface area contributed by atoms with E-state index in [0.717, 1.165) is 16.9 Å². The van der Waals surface area contributed by atoms with Crippen LogP contribution in [0.2, 0.25) is 0 Å². The number of nitrogens with one attached hydrogen (secondary N) is 1. The number of rotatable bonds is 3. The Kier molecular flexibility index (Phi) is 2.89. The molecule has 0 aromatic carbocycles. The normalized spacial score (nSPS) is 22.8. The van der Waals surface area contributed by atoms with Gasteiger partial charge in [0.15, 0.2) is 5.13 Å². The fourth-order valence-electron chi connectivity index (χ4n) is 1.32. The van der Waals surface area contributed by atoms with Crippen molar-refractivity contribution in [2.75, 3.05) is 17.6 Å². The lowest BCUT2D eigenvalue weighted by Crippen LogP contribution is -2.13. The zero-order valence-electron chi connectivity index (χ0n) is 6.82. The van der Waals surface area contributed by atoms with Gasteiger partial charge in [-0.1, -0.05) is 0 Å². The first-order valence-corrected chi connectivity index (χ1v) is 6.13. The second kappa shape index (κ2) is 4.14. The Labute approximate surface area is 80.8 Å². The monoisotopic (exact) mass is 200 g/mol. The third-order valence-electron chi connectivity index (χ3n) is 1.94. The van der Waals surface area contributed by atoms with Crippen LogP contribution in [0.4, 0.5) is 5.13 Å². The average molecular weight is 200 g/mol. The number of thioether (sulfide) groups is 1. The van der Waals surface area contributed by atoms with Crippen LogP contribution in [-0.4, -0.2) is 22.5 Å². The Morgan fingerprint density at radius 3 is 3.33 bits per heavy atom. The van der Waals surface area contributed by atoms with Crippen LogP contribution in [0, 0.1) is 0 Å². The van der Waals surface area contributed by atoms with E-state index in [0.29, 0.717) is 0 Å². The van der Waals surface area contributed by atoms with Crippen LogP contribution < -0.4 is 5.32 Å². The molecule has 2 rings (SSSR count). The highest BCUT2D eigenvalue weighted by atomic mass is 32.2. The molecule has 1 atom stereocenters. The predicted molar refractivity (Wildman–Crippen MR) is 56.1 cm³/mol. The van der Waals surface area contributed by atoms with Gasteiger partial charge < -0.3 is 5.32 Å². The summed E-state index contributed by atoms with van der Waals surface area (Å²) in [6, 6.07) is 0. The van der Waals surface area contributed by atoms with Gasteiger partial charge in [0.1, 0.15) is 0 Å². The highest BCUT2D eigenvalue weighted by Crippen LogP contribution is 2.26. The summed E-state index contributed by atoms with van der Waals surface area (Å²) in [4.78, 5) is 4.18. The van der Waals surface area contributed by atoms with Crippen LogP contribution in [0.1, 0.15) is 12.8 Å². The summed E-state index contributed by atoms with van der Waals surface area (Å²) < 4.78 is 0. The molecule has 0 aliphatic carbocycles. The lowest BCUT2D eigenvalue weighted by atomic mass is 10.2. The molecule has 0 spiro atoms. The summed E-state index contributed by atoms with van der Waals surface area (Å²) in [6.45, 7) is 1.08. The second-order valence-corrected chi connectivity index (χ2v) is 5.16. The maximum Gasteiger partial charge on any atom is 0.182 e. The molecule has 0 saturated carbocycles. The van der Waals surface area contributed by atoms with Gasteiger partial charge in [0.05, 0.1) is 0 Å². The van der Waals surface area contributed by atoms with E-state index in [4.69, 9.17) is 0 Å². The summed E-state index contributed by atoms with van der Waals surface area (Å²) in [5, 5.41) is 7.23. The molecule has 1 aliphatic heterocycles. The Hall–Kier alpha value is -0.220. The van der Waals surface area contributed by atoms with Crippen molar-refractivity contribution < 1.29 is 0 Å². The number of thiazole rings is 1. The number of aromatic nitrogens is 1. The quantitative estimate of drug-likeness (QED) is 0.811. The Balaban J connectivity index is 1.74. The molecule has 66 valence electrons. The number of nitrogens with zero attached hydrogens (tertiary/aromatic N) is 1. The number of hydrogen-bond donors (Lipinski definition) is 1. The summed E-state index contributed by atoms with van der Waals surface area (Å²) in [5.41, 5.74) is 0. The molecule has 1 fully saturated rings. The fourth-order valence-corrected chi connectivity index (χ4v) is 3.06. The van der Waals surface area contributed by atoms with Crippen LogP contribution in [0.25, 0.3) is 0 Å². The summed E-state index contributed by atoms with van der Waals surface area (Å²) in [5.74, 6) is 1.34. The SMILES string of the molecule is c1csc(NCC2CCCS2)n1. The number of anilines is 1. The lowest BCUT2D eigenvalue weighted by molar-refractivity contribution is 0.805. The van der Waals surface area contributed by atoms with Gasteiger partial charge in [-0.3, -0.25) is 0 Å². The van der Waals surface area contributed by atoms with Crippen molar-refractivity contribution in [2.45, 2.75) is 18.1 Å². The van der Waals surface area contributed by atoms with Crippen LogP contribution in [-0.2, 0) is 0 Å². The zero-order valence-corrected chi connectivity index (χ0v) is 8.46. The van der Waals surface area contributed by atoms with Gasteiger partial charge in [0, 0.05) is 23.4 Å². The van der Waals surface area contributed by atoms with Crippen molar-refractivity contribution in [1.29, 1.82) is 0 Å². The van der Waals surface area contributed by atoms with Crippen LogP contribution in [0.3, 0.4) is 0 Å². The summed E-state index contributed by atoms with van der Waals surface area (Å²) in [6.07, 6.45) is 4.59. The average Bonchev–Trinajstić information content (AvgIpc) is 2.74. The van der Waals surface area contributed by atoms with Crippen molar-refractivity contribution >= 4 is 28.2 Å². The van der Waals surface area contributed by atoms with E-state index in [1.54, 1.807) is 11.3 Å². The first kappa shape index (κ1) is 8.38. The zero-order chi connectivity index (χ0) is 8.23. The molecule has 0 radical (unpaired) electrons. The molecule has 4 heteroatoms. The molecule has 1 aromatic heterocycles. The van der Waals surface area contributed by atoms with Gasteiger partial charge in [-0.15, -0.1) is 11.3 Å². The van der Waals surface area contributed by atoms with Crippen LogP contribution in [0.15, 0.2) is 11.6 Å². The molecular weight excluding hydrogens is 188 g/mol. The fraction of sp³-hybridized carbons (Fsp3) is 0.625. The summed E-state index contributed by atoms with van der Waals surface area (Å²) >= 11 is 3.75. The molecule has 0 amide bonds. The highest BCUT2D eigenvalue weighted by Gasteiger charge is 2.14. The van der Waals surface area contributed by atoms with E-state index in [9.17, 15) is 0 Å². The lowest BCUT2D eigenvalue weighted by Gasteiger charge is -2.07. The van der Waals surface area contributed by atoms with E-state index in [1.165, 1.54) is 18.6 Å². The van der Waals surface area contributed by atoms with E-state index in [-0.39, 0.29) is 0 Å². The van der Waals surface area contributed by atoms with Gasteiger partial charge in [0.25, 0.3) is 0 Å². The standard InChI is InChI=1S/C8H12N2S2/c1-2-7(11-4-1)6-10-8-9-3-5-12-8/h3,5,7H,1-2,4,6H2,(H,9,10). The number of hydrogen-bond acceptors (Lipinski definition) is 4. The first-order chi connectivity index (χ1) is 5.95. The van der Waals surface area contributed by atoms with E-state index in [1.807, 2.05) is 11.6 Å². The Bertz CT molecular complexity index is 217. The van der Waals surface area contributed by atoms with Crippen molar-refractivity contribution in [3.05, 3.63) is 11.6 Å². The van der Waals surface area contributed by atoms with Gasteiger partial charge in [-0.2, -0.15) is 11.8 Å². The largest absolute Gasteiger partial charge is 0.360 e. The van der Waals surface area contributed by atoms with Crippen molar-refractivity contribution in [3.8, 4) is 0 Å². The molecule has 1 saturated heterocycles. The van der Waals surface area contributed by atoms with E-state index in [2.05, 4.69) is 22.1 Å². The molecule has 1 N–H and O–H groups in total. The third-order valence-corrected chi connectivity index (χ3v) is 4.07. The molecule has 0 bridgehead atoms. The van der Waals surface area contributed by atoms with Gasteiger partial charge >= 0.3 is 0 Å². The molecule has 1 aromatic rings. The van der Waals surface area contributed by atoms with E-state index < -0.39 is 0 Å². The van der Waals surface area contributed by atoms with Crippen LogP contribution in [0.5, 0.6) is 0 Å². The minimum absolute atomic E-state index is 0.814. The van der Waals surface area contributed by atoms with Gasteiger partial charge in [0.2, 0.25) is 0 Å². The van der Waals surface area contributed by atoms with Crippen molar-refractivity contribution in [3.63, 3.8) is 0 Å². The summed E-state index contributed by atoms with van der Waals surface area (Å²) in [7, 11) is 0. The topological polar surface area (TPSA) is 24.9 Å². The van der Waals surface area contributed by atoms with Crippen LogP contribution >= 0.6 is 23.1 Å². The maximum atomic E-state index is 4.18.